The first-order valence-corrected chi connectivity index (χ1v) is 6.54. The van der Waals surface area contributed by atoms with Crippen molar-refractivity contribution in [3.63, 3.8) is 0 Å². The molecule has 0 fully saturated rings. The highest BCUT2D eigenvalue weighted by molar-refractivity contribution is 5.26. The van der Waals surface area contributed by atoms with Crippen LogP contribution in [0.25, 0.3) is 0 Å². The van der Waals surface area contributed by atoms with Crippen LogP contribution in [-0.4, -0.2) is 25.5 Å². The molecule has 0 aliphatic rings. The van der Waals surface area contributed by atoms with Gasteiger partial charge in [-0.15, -0.1) is 0 Å². The summed E-state index contributed by atoms with van der Waals surface area (Å²) in [6, 6.07) is 8.96. The van der Waals surface area contributed by atoms with Crippen molar-refractivity contribution in [1.82, 2.24) is 4.90 Å². The van der Waals surface area contributed by atoms with Gasteiger partial charge in [0, 0.05) is 6.04 Å². The summed E-state index contributed by atoms with van der Waals surface area (Å²) in [7, 11) is 4.16. The Morgan fingerprint density at radius 1 is 1.12 bits per heavy atom. The van der Waals surface area contributed by atoms with Crippen LogP contribution in [0.1, 0.15) is 49.8 Å². The molecule has 0 aliphatic heterocycles. The molecule has 2 atom stereocenters. The zero-order chi connectivity index (χ0) is 12.8. The lowest BCUT2D eigenvalue weighted by Crippen LogP contribution is -2.20. The normalized spacial score (nSPS) is 14.9. The standard InChI is InChI=1S/C15H26N2/c1-5-12(2)13-6-8-14(9-7-13)15(16)10-11-17(3)4/h6-9,12,15H,5,10-11,16H2,1-4H3. The van der Waals surface area contributed by atoms with Crippen molar-refractivity contribution in [1.29, 1.82) is 0 Å². The van der Waals surface area contributed by atoms with E-state index in [2.05, 4.69) is 57.1 Å². The van der Waals surface area contributed by atoms with Gasteiger partial charge in [-0.25, -0.2) is 0 Å². The Morgan fingerprint density at radius 2 is 1.65 bits per heavy atom. The minimum absolute atomic E-state index is 0.156. The van der Waals surface area contributed by atoms with Gasteiger partial charge in [-0.3, -0.25) is 0 Å². The van der Waals surface area contributed by atoms with E-state index in [1.165, 1.54) is 17.5 Å². The van der Waals surface area contributed by atoms with Gasteiger partial charge in [0.2, 0.25) is 0 Å². The van der Waals surface area contributed by atoms with E-state index in [4.69, 9.17) is 5.73 Å². The highest BCUT2D eigenvalue weighted by Crippen LogP contribution is 2.21. The first-order chi connectivity index (χ1) is 8.04. The fraction of sp³-hybridized carbons (Fsp3) is 0.600. The Hall–Kier alpha value is -0.860. The van der Waals surface area contributed by atoms with Gasteiger partial charge in [0.25, 0.3) is 0 Å². The van der Waals surface area contributed by atoms with E-state index >= 15 is 0 Å². The van der Waals surface area contributed by atoms with Crippen molar-refractivity contribution in [2.45, 2.75) is 38.6 Å². The molecule has 1 aromatic carbocycles. The van der Waals surface area contributed by atoms with Gasteiger partial charge in [0.15, 0.2) is 0 Å². The maximum Gasteiger partial charge on any atom is 0.0307 e. The molecule has 17 heavy (non-hydrogen) atoms. The van der Waals surface area contributed by atoms with Crippen LogP contribution < -0.4 is 5.73 Å². The number of benzene rings is 1. The summed E-state index contributed by atoms with van der Waals surface area (Å²) in [4.78, 5) is 2.17. The van der Waals surface area contributed by atoms with Crippen molar-refractivity contribution < 1.29 is 0 Å². The van der Waals surface area contributed by atoms with E-state index in [1.54, 1.807) is 0 Å². The number of nitrogens with zero attached hydrogens (tertiary/aromatic N) is 1. The average Bonchev–Trinajstić information content (AvgIpc) is 2.35. The minimum Gasteiger partial charge on any atom is -0.324 e. The molecule has 0 saturated heterocycles. The third-order valence-electron chi connectivity index (χ3n) is 3.43. The second-order valence-electron chi connectivity index (χ2n) is 5.17. The molecule has 0 aromatic heterocycles. The zero-order valence-corrected chi connectivity index (χ0v) is 11.6. The van der Waals surface area contributed by atoms with Gasteiger partial charge in [0.1, 0.15) is 0 Å². The van der Waals surface area contributed by atoms with Crippen LogP contribution in [0.3, 0.4) is 0 Å². The fourth-order valence-electron chi connectivity index (χ4n) is 1.87. The molecule has 0 heterocycles. The fourth-order valence-corrected chi connectivity index (χ4v) is 1.87. The van der Waals surface area contributed by atoms with Gasteiger partial charge in [-0.05, 0) is 50.5 Å². The summed E-state index contributed by atoms with van der Waals surface area (Å²) in [6.45, 7) is 5.52. The van der Waals surface area contributed by atoms with Crippen LogP contribution in [-0.2, 0) is 0 Å². The van der Waals surface area contributed by atoms with Crippen molar-refractivity contribution in [2.24, 2.45) is 5.73 Å². The van der Waals surface area contributed by atoms with Crippen LogP contribution in [0.2, 0.25) is 0 Å². The van der Waals surface area contributed by atoms with Crippen molar-refractivity contribution in [3.05, 3.63) is 35.4 Å². The predicted molar refractivity (Wildman–Crippen MR) is 75.2 cm³/mol. The summed E-state index contributed by atoms with van der Waals surface area (Å²) in [5.74, 6) is 0.641. The highest BCUT2D eigenvalue weighted by atomic mass is 15.0. The monoisotopic (exact) mass is 234 g/mol. The van der Waals surface area contributed by atoms with E-state index in [1.807, 2.05) is 0 Å². The third kappa shape index (κ3) is 4.49. The Labute approximate surface area is 106 Å². The predicted octanol–water partition coefficient (Wildman–Crippen LogP) is 3.15. The van der Waals surface area contributed by atoms with Crippen LogP contribution >= 0.6 is 0 Å². The lowest BCUT2D eigenvalue weighted by atomic mass is 9.95. The topological polar surface area (TPSA) is 29.3 Å². The SMILES string of the molecule is CCC(C)c1ccc(C(N)CCN(C)C)cc1. The van der Waals surface area contributed by atoms with E-state index in [-0.39, 0.29) is 6.04 Å². The molecule has 0 bridgehead atoms. The molecule has 1 aromatic rings. The second kappa shape index (κ2) is 6.77. The zero-order valence-electron chi connectivity index (χ0n) is 11.6. The first-order valence-electron chi connectivity index (χ1n) is 6.54. The van der Waals surface area contributed by atoms with Gasteiger partial charge in [-0.2, -0.15) is 0 Å². The Bertz CT molecular complexity index is 316. The molecule has 96 valence electrons. The summed E-state index contributed by atoms with van der Waals surface area (Å²) in [5.41, 5.74) is 8.84. The maximum atomic E-state index is 6.18. The van der Waals surface area contributed by atoms with Crippen molar-refractivity contribution in [3.8, 4) is 0 Å². The first kappa shape index (κ1) is 14.2. The molecule has 0 amide bonds. The van der Waals surface area contributed by atoms with Crippen LogP contribution in [0.5, 0.6) is 0 Å². The quantitative estimate of drug-likeness (QED) is 0.819. The number of hydrogen-bond acceptors (Lipinski definition) is 2. The molecule has 2 N–H and O–H groups in total. The lowest BCUT2D eigenvalue weighted by molar-refractivity contribution is 0.382. The Balaban J connectivity index is 2.60. The molecular weight excluding hydrogens is 208 g/mol. The summed E-state index contributed by atoms with van der Waals surface area (Å²) in [5, 5.41) is 0. The van der Waals surface area contributed by atoms with Crippen LogP contribution in [0.15, 0.2) is 24.3 Å². The van der Waals surface area contributed by atoms with Crippen LogP contribution in [0, 0.1) is 0 Å². The van der Waals surface area contributed by atoms with Gasteiger partial charge in [0.05, 0.1) is 0 Å². The second-order valence-corrected chi connectivity index (χ2v) is 5.17. The summed E-state index contributed by atoms with van der Waals surface area (Å²) >= 11 is 0. The molecule has 2 unspecified atom stereocenters. The largest absolute Gasteiger partial charge is 0.324 e. The lowest BCUT2D eigenvalue weighted by Gasteiger charge is -2.16. The van der Waals surface area contributed by atoms with Crippen molar-refractivity contribution in [2.75, 3.05) is 20.6 Å². The molecule has 2 heteroatoms. The smallest absolute Gasteiger partial charge is 0.0307 e. The minimum atomic E-state index is 0.156. The molecule has 0 spiro atoms. The van der Waals surface area contributed by atoms with Crippen LogP contribution in [0.4, 0.5) is 0 Å². The third-order valence-corrected chi connectivity index (χ3v) is 3.43. The van der Waals surface area contributed by atoms with E-state index in [0.29, 0.717) is 5.92 Å². The average molecular weight is 234 g/mol. The van der Waals surface area contributed by atoms with E-state index in [9.17, 15) is 0 Å². The molecule has 0 radical (unpaired) electrons. The number of nitrogens with two attached hydrogens (primary N) is 1. The highest BCUT2D eigenvalue weighted by Gasteiger charge is 2.08. The summed E-state index contributed by atoms with van der Waals surface area (Å²) < 4.78 is 0. The Kier molecular flexibility index (Phi) is 5.66. The number of rotatable bonds is 6. The Morgan fingerprint density at radius 3 is 2.12 bits per heavy atom. The van der Waals surface area contributed by atoms with E-state index < -0.39 is 0 Å². The molecule has 2 nitrogen and oxygen atoms in total. The van der Waals surface area contributed by atoms with Gasteiger partial charge >= 0.3 is 0 Å². The summed E-state index contributed by atoms with van der Waals surface area (Å²) in [6.07, 6.45) is 2.20. The molecular formula is C15H26N2. The molecule has 1 rings (SSSR count). The van der Waals surface area contributed by atoms with E-state index in [0.717, 1.165) is 13.0 Å². The van der Waals surface area contributed by atoms with Gasteiger partial charge < -0.3 is 10.6 Å². The number of hydrogen-bond donors (Lipinski definition) is 1. The molecule has 0 aliphatic carbocycles. The van der Waals surface area contributed by atoms with Crippen molar-refractivity contribution >= 4 is 0 Å². The molecule has 0 saturated carbocycles. The maximum absolute atomic E-state index is 6.18. The van der Waals surface area contributed by atoms with Gasteiger partial charge in [-0.1, -0.05) is 38.1 Å².